The molecule has 0 saturated heterocycles. The topological polar surface area (TPSA) is 87.0 Å². The van der Waals surface area contributed by atoms with E-state index in [1.165, 1.54) is 13.8 Å². The van der Waals surface area contributed by atoms with Gasteiger partial charge in [0.05, 0.1) is 30.3 Å². The van der Waals surface area contributed by atoms with Crippen molar-refractivity contribution in [3.63, 3.8) is 0 Å². The summed E-state index contributed by atoms with van der Waals surface area (Å²) in [5.74, 6) is -0.891. The first-order valence-electron chi connectivity index (χ1n) is 15.2. The molecule has 1 aliphatic carbocycles. The molecule has 1 N–H and O–H groups in total. The van der Waals surface area contributed by atoms with Gasteiger partial charge in [-0.3, -0.25) is 9.79 Å². The van der Waals surface area contributed by atoms with Gasteiger partial charge in [0.25, 0.3) is 5.91 Å². The van der Waals surface area contributed by atoms with E-state index in [-0.39, 0.29) is 18.2 Å². The lowest BCUT2D eigenvalue weighted by atomic mass is 9.99. The molecule has 0 bridgehead atoms. The maximum absolute atomic E-state index is 13.9. The van der Waals surface area contributed by atoms with Crippen LogP contribution in [0.15, 0.2) is 77.3 Å². The van der Waals surface area contributed by atoms with Crippen LogP contribution in [0.25, 0.3) is 5.70 Å². The molecule has 0 radical (unpaired) electrons. The number of nitrogens with one attached hydrogen (secondary N) is 1. The van der Waals surface area contributed by atoms with E-state index >= 15 is 0 Å². The SMILES string of the molecule is Cc1cc(C2=CC(C)CC=C3C(=NCCC(F)(F)F)CC(Oc4ccc(OC(C)(C)F)cc4)=CN32)ccc1C(=O)NC1(C#N)CC1. The average Bonchev–Trinajstić information content (AvgIpc) is 3.76. The lowest BCUT2D eigenvalue weighted by molar-refractivity contribution is -0.132. The van der Waals surface area contributed by atoms with Crippen LogP contribution in [0.3, 0.4) is 0 Å². The molecule has 2 aromatic rings. The van der Waals surface area contributed by atoms with Gasteiger partial charge in [0.1, 0.15) is 22.8 Å². The summed E-state index contributed by atoms with van der Waals surface area (Å²) in [6.07, 6.45) is 2.50. The van der Waals surface area contributed by atoms with Crippen molar-refractivity contribution in [1.29, 1.82) is 5.26 Å². The zero-order chi connectivity index (χ0) is 33.3. The van der Waals surface area contributed by atoms with E-state index < -0.39 is 30.5 Å². The van der Waals surface area contributed by atoms with Crippen molar-refractivity contribution in [3.8, 4) is 17.6 Å². The zero-order valence-corrected chi connectivity index (χ0v) is 26.2. The van der Waals surface area contributed by atoms with Crippen molar-refractivity contribution < 1.29 is 31.8 Å². The number of ether oxygens (including phenoxy) is 2. The molecule has 1 amide bonds. The summed E-state index contributed by atoms with van der Waals surface area (Å²) in [5, 5.41) is 12.2. The minimum absolute atomic E-state index is 0.0863. The molecule has 1 fully saturated rings. The largest absolute Gasteiger partial charge is 0.460 e. The van der Waals surface area contributed by atoms with Crippen molar-refractivity contribution in [2.75, 3.05) is 6.54 Å². The zero-order valence-electron chi connectivity index (χ0n) is 26.2. The minimum atomic E-state index is -4.35. The van der Waals surface area contributed by atoms with Crippen molar-refractivity contribution >= 4 is 17.3 Å². The molecular weight excluding hydrogens is 600 g/mol. The number of fused-ring (bicyclic) bond motifs is 1. The molecule has 1 saturated carbocycles. The van der Waals surface area contributed by atoms with Crippen LogP contribution in [0.5, 0.6) is 11.5 Å². The van der Waals surface area contributed by atoms with Crippen LogP contribution in [-0.2, 0) is 0 Å². The van der Waals surface area contributed by atoms with E-state index in [9.17, 15) is 27.6 Å². The van der Waals surface area contributed by atoms with Gasteiger partial charge >= 0.3 is 6.18 Å². The molecule has 1 atom stereocenters. The van der Waals surface area contributed by atoms with Crippen LogP contribution < -0.4 is 14.8 Å². The van der Waals surface area contributed by atoms with Crippen molar-refractivity contribution in [1.82, 2.24) is 10.2 Å². The summed E-state index contributed by atoms with van der Waals surface area (Å²) in [5.41, 5.74) is 3.05. The normalized spacial score (nSPS) is 20.0. The number of carbonyl (C=O) groups is 1. The number of hydrogen-bond acceptors (Lipinski definition) is 6. The molecule has 0 spiro atoms. The second kappa shape index (κ2) is 12.7. The Balaban J connectivity index is 1.48. The molecule has 11 heteroatoms. The Morgan fingerprint density at radius 2 is 1.80 bits per heavy atom. The van der Waals surface area contributed by atoms with Gasteiger partial charge in [-0.05, 0) is 79.6 Å². The van der Waals surface area contributed by atoms with Gasteiger partial charge in [-0.15, -0.1) is 0 Å². The van der Waals surface area contributed by atoms with Crippen LogP contribution in [0.4, 0.5) is 17.6 Å². The number of amides is 1. The molecule has 7 nitrogen and oxygen atoms in total. The Labute approximate surface area is 265 Å². The predicted molar refractivity (Wildman–Crippen MR) is 166 cm³/mol. The van der Waals surface area contributed by atoms with Gasteiger partial charge in [0.15, 0.2) is 0 Å². The predicted octanol–water partition coefficient (Wildman–Crippen LogP) is 8.15. The summed E-state index contributed by atoms with van der Waals surface area (Å²) in [7, 11) is 0. The van der Waals surface area contributed by atoms with Gasteiger partial charge in [-0.25, -0.2) is 0 Å². The molecule has 242 valence electrons. The third-order valence-electron chi connectivity index (χ3n) is 7.77. The van der Waals surface area contributed by atoms with Crippen LogP contribution in [0.2, 0.25) is 0 Å². The minimum Gasteiger partial charge on any atom is -0.460 e. The molecule has 5 rings (SSSR count). The van der Waals surface area contributed by atoms with Gasteiger partial charge < -0.3 is 19.7 Å². The number of allylic oxidation sites excluding steroid dienone is 4. The summed E-state index contributed by atoms with van der Waals surface area (Å²) in [6, 6.07) is 14.0. The first-order valence-corrected chi connectivity index (χ1v) is 15.2. The van der Waals surface area contributed by atoms with Crippen LogP contribution >= 0.6 is 0 Å². The van der Waals surface area contributed by atoms with Gasteiger partial charge in [-0.2, -0.15) is 22.8 Å². The van der Waals surface area contributed by atoms with Crippen LogP contribution in [0, 0.1) is 24.2 Å². The van der Waals surface area contributed by atoms with E-state index in [2.05, 4.69) is 22.5 Å². The smallest absolute Gasteiger partial charge is 0.390 e. The summed E-state index contributed by atoms with van der Waals surface area (Å²) in [6.45, 7) is 6.03. The molecule has 46 heavy (non-hydrogen) atoms. The molecule has 2 aromatic carbocycles. The molecule has 3 aliphatic rings. The standard InChI is InChI=1S/C35H36F4N4O3/c1-22-5-12-30-29(41-16-15-35(37,38)39)19-27(45-25-7-9-26(10-8-25)46-33(3,4)36)20-43(30)31(17-22)24-6-11-28(23(2)18-24)32(44)42-34(21-40)13-14-34/h6-12,17-18,20,22H,5,13-16,19H2,1-4H3,(H,42,44). The van der Waals surface area contributed by atoms with Crippen molar-refractivity contribution in [2.24, 2.45) is 10.9 Å². The van der Waals surface area contributed by atoms with Crippen molar-refractivity contribution in [2.45, 2.75) is 77.4 Å². The van der Waals surface area contributed by atoms with E-state index in [0.717, 1.165) is 11.3 Å². The Hall–Kier alpha value is -4.59. The maximum Gasteiger partial charge on any atom is 0.390 e. The molecule has 2 heterocycles. The highest BCUT2D eigenvalue weighted by Gasteiger charge is 2.45. The Morgan fingerprint density at radius 3 is 2.41 bits per heavy atom. The number of aryl methyl sites for hydroxylation is 1. The number of nitriles is 1. The molecule has 1 unspecified atom stereocenters. The fourth-order valence-corrected chi connectivity index (χ4v) is 5.30. The van der Waals surface area contributed by atoms with Gasteiger partial charge in [0.2, 0.25) is 5.85 Å². The summed E-state index contributed by atoms with van der Waals surface area (Å²) >= 11 is 0. The third-order valence-corrected chi connectivity index (χ3v) is 7.77. The number of benzene rings is 2. The highest BCUT2D eigenvalue weighted by molar-refractivity contribution is 6.04. The molecule has 2 aliphatic heterocycles. The first-order chi connectivity index (χ1) is 21.6. The Morgan fingerprint density at radius 1 is 1.11 bits per heavy atom. The van der Waals surface area contributed by atoms with E-state index in [0.29, 0.717) is 59.1 Å². The summed E-state index contributed by atoms with van der Waals surface area (Å²) in [4.78, 5) is 19.2. The van der Waals surface area contributed by atoms with Crippen molar-refractivity contribution in [3.05, 3.63) is 89.0 Å². The average molecular weight is 637 g/mol. The summed E-state index contributed by atoms with van der Waals surface area (Å²) < 4.78 is 64.6. The monoisotopic (exact) mass is 636 g/mol. The van der Waals surface area contributed by atoms with E-state index in [1.807, 2.05) is 37.0 Å². The molecular formula is C35H36F4N4O3. The molecule has 0 aromatic heterocycles. The van der Waals surface area contributed by atoms with Crippen LogP contribution in [0.1, 0.15) is 74.4 Å². The maximum atomic E-state index is 13.9. The first kappa shape index (κ1) is 32.8. The highest BCUT2D eigenvalue weighted by atomic mass is 19.4. The van der Waals surface area contributed by atoms with E-state index in [4.69, 9.17) is 9.47 Å². The van der Waals surface area contributed by atoms with E-state index in [1.54, 1.807) is 36.5 Å². The number of halogens is 4. The Kier molecular flexibility index (Phi) is 9.03. The van der Waals surface area contributed by atoms with Crippen LogP contribution in [-0.4, -0.2) is 40.6 Å². The number of carbonyl (C=O) groups excluding carboxylic acids is 1. The second-order valence-corrected chi connectivity index (χ2v) is 12.4. The lowest BCUT2D eigenvalue weighted by Crippen LogP contribution is -2.35. The number of alkyl halides is 4. The number of aliphatic imine (C=N–C) groups is 1. The van der Waals surface area contributed by atoms with Gasteiger partial charge in [0, 0.05) is 37.9 Å². The lowest BCUT2D eigenvalue weighted by Gasteiger charge is -2.32. The third kappa shape index (κ3) is 8.16. The fraction of sp³-hybridized carbons (Fsp3) is 0.400. The number of hydrogen-bond donors (Lipinski definition) is 1. The number of rotatable bonds is 9. The fourth-order valence-electron chi connectivity index (χ4n) is 5.30. The number of nitrogens with zero attached hydrogens (tertiary/aromatic N) is 3. The second-order valence-electron chi connectivity index (χ2n) is 12.4. The highest BCUT2D eigenvalue weighted by Crippen LogP contribution is 2.38. The Bertz CT molecular complexity index is 1660. The quantitative estimate of drug-likeness (QED) is 0.281. The van der Waals surface area contributed by atoms with Gasteiger partial charge in [-0.1, -0.05) is 25.1 Å².